The van der Waals surface area contributed by atoms with Crippen LogP contribution in [0.4, 0.5) is 0 Å². The molecule has 0 saturated heterocycles. The third-order valence-corrected chi connectivity index (χ3v) is 1.95. The first-order valence-corrected chi connectivity index (χ1v) is 4.21. The molecule has 0 amide bonds. The molecule has 0 bridgehead atoms. The molecule has 1 aromatic carbocycles. The number of nitrogens with zero attached hydrogens (tertiary/aromatic N) is 1. The fraction of sp³-hybridized carbons (Fsp3) is 0. The van der Waals surface area contributed by atoms with E-state index in [1.165, 1.54) is 12.3 Å². The lowest BCUT2D eigenvalue weighted by Crippen LogP contribution is -1.83. The van der Waals surface area contributed by atoms with E-state index in [2.05, 4.69) is 4.98 Å². The van der Waals surface area contributed by atoms with E-state index < -0.39 is 0 Å². The molecule has 3 heteroatoms. The number of benzene rings is 1. The summed E-state index contributed by atoms with van der Waals surface area (Å²) >= 11 is 0. The van der Waals surface area contributed by atoms with E-state index in [-0.39, 0.29) is 11.5 Å². The Balaban J connectivity index is 2.58. The Kier molecular flexibility index (Phi) is 2.07. The SMILES string of the molecule is Oc1ccnc(-c2ccccc2)c1O. The van der Waals surface area contributed by atoms with Crippen molar-refractivity contribution in [1.82, 2.24) is 4.98 Å². The van der Waals surface area contributed by atoms with Crippen LogP contribution in [0.15, 0.2) is 42.6 Å². The molecule has 0 unspecified atom stereocenters. The molecule has 0 aliphatic heterocycles. The summed E-state index contributed by atoms with van der Waals surface area (Å²) in [5, 5.41) is 18.8. The van der Waals surface area contributed by atoms with Crippen LogP contribution >= 0.6 is 0 Å². The number of pyridine rings is 1. The molecule has 0 aliphatic rings. The van der Waals surface area contributed by atoms with E-state index in [1.54, 1.807) is 0 Å². The van der Waals surface area contributed by atoms with Gasteiger partial charge in [0.05, 0.1) is 0 Å². The third-order valence-electron chi connectivity index (χ3n) is 1.95. The lowest BCUT2D eigenvalue weighted by Gasteiger charge is -2.04. The maximum Gasteiger partial charge on any atom is 0.184 e. The molecule has 0 aliphatic carbocycles. The fourth-order valence-corrected chi connectivity index (χ4v) is 1.25. The van der Waals surface area contributed by atoms with Crippen molar-refractivity contribution in [2.24, 2.45) is 0 Å². The average Bonchev–Trinajstić information content (AvgIpc) is 2.23. The summed E-state index contributed by atoms with van der Waals surface area (Å²) in [4.78, 5) is 4.00. The van der Waals surface area contributed by atoms with Crippen LogP contribution < -0.4 is 0 Å². The van der Waals surface area contributed by atoms with E-state index in [0.717, 1.165) is 5.56 Å². The number of aromatic hydroxyl groups is 2. The van der Waals surface area contributed by atoms with E-state index in [4.69, 9.17) is 0 Å². The van der Waals surface area contributed by atoms with Crippen molar-refractivity contribution in [1.29, 1.82) is 0 Å². The molecule has 0 saturated carbocycles. The van der Waals surface area contributed by atoms with Gasteiger partial charge in [0, 0.05) is 17.8 Å². The standard InChI is InChI=1S/C11H9NO2/c13-9-6-7-12-10(11(9)14)8-4-2-1-3-5-8/h1-7,14H,(H,12,13). The van der Waals surface area contributed by atoms with Crippen molar-refractivity contribution in [3.8, 4) is 22.8 Å². The smallest absolute Gasteiger partial charge is 0.184 e. The summed E-state index contributed by atoms with van der Waals surface area (Å²) in [5.41, 5.74) is 1.17. The minimum atomic E-state index is -0.182. The first-order valence-electron chi connectivity index (χ1n) is 4.21. The van der Waals surface area contributed by atoms with Crippen molar-refractivity contribution >= 4 is 0 Å². The van der Waals surface area contributed by atoms with E-state index in [1.807, 2.05) is 30.3 Å². The van der Waals surface area contributed by atoms with Gasteiger partial charge in [0.15, 0.2) is 11.5 Å². The molecule has 1 aromatic heterocycles. The van der Waals surface area contributed by atoms with Gasteiger partial charge in [0.2, 0.25) is 0 Å². The summed E-state index contributed by atoms with van der Waals surface area (Å²) < 4.78 is 0. The molecule has 2 aromatic rings. The molecule has 0 atom stereocenters. The molecular weight excluding hydrogens is 178 g/mol. The van der Waals surface area contributed by atoms with Gasteiger partial charge in [0.1, 0.15) is 5.69 Å². The maximum atomic E-state index is 9.54. The molecule has 2 N–H and O–H groups in total. The van der Waals surface area contributed by atoms with Crippen LogP contribution in [0.2, 0.25) is 0 Å². The summed E-state index contributed by atoms with van der Waals surface area (Å²) in [6.07, 6.45) is 1.46. The van der Waals surface area contributed by atoms with Crippen molar-refractivity contribution < 1.29 is 10.2 Å². The predicted octanol–water partition coefficient (Wildman–Crippen LogP) is 2.16. The van der Waals surface area contributed by atoms with E-state index in [0.29, 0.717) is 5.69 Å². The second-order valence-corrected chi connectivity index (χ2v) is 2.89. The van der Waals surface area contributed by atoms with Crippen molar-refractivity contribution in [2.75, 3.05) is 0 Å². The quantitative estimate of drug-likeness (QED) is 0.719. The minimum Gasteiger partial charge on any atom is -0.504 e. The Morgan fingerprint density at radius 2 is 1.64 bits per heavy atom. The van der Waals surface area contributed by atoms with Gasteiger partial charge in [0.25, 0.3) is 0 Å². The van der Waals surface area contributed by atoms with Crippen LogP contribution in [0.1, 0.15) is 0 Å². The zero-order chi connectivity index (χ0) is 9.97. The number of rotatable bonds is 1. The average molecular weight is 187 g/mol. The van der Waals surface area contributed by atoms with Gasteiger partial charge in [-0.05, 0) is 0 Å². The van der Waals surface area contributed by atoms with Gasteiger partial charge < -0.3 is 10.2 Å². The molecule has 14 heavy (non-hydrogen) atoms. The minimum absolute atomic E-state index is 0.154. The molecule has 2 rings (SSSR count). The van der Waals surface area contributed by atoms with Crippen molar-refractivity contribution in [3.63, 3.8) is 0 Å². The normalized spacial score (nSPS) is 10.0. The highest BCUT2D eigenvalue weighted by atomic mass is 16.3. The monoisotopic (exact) mass is 187 g/mol. The summed E-state index contributed by atoms with van der Waals surface area (Å²) in [6, 6.07) is 10.6. The molecule has 0 fully saturated rings. The van der Waals surface area contributed by atoms with Gasteiger partial charge >= 0.3 is 0 Å². The molecule has 3 nitrogen and oxygen atoms in total. The van der Waals surface area contributed by atoms with Crippen LogP contribution in [-0.4, -0.2) is 15.2 Å². The lowest BCUT2D eigenvalue weighted by atomic mass is 10.1. The zero-order valence-electron chi connectivity index (χ0n) is 7.38. The zero-order valence-corrected chi connectivity index (χ0v) is 7.38. The maximum absolute atomic E-state index is 9.54. The topological polar surface area (TPSA) is 53.4 Å². The van der Waals surface area contributed by atoms with Crippen molar-refractivity contribution in [3.05, 3.63) is 42.6 Å². The van der Waals surface area contributed by atoms with Crippen molar-refractivity contribution in [2.45, 2.75) is 0 Å². The molecule has 0 spiro atoms. The van der Waals surface area contributed by atoms with Crippen LogP contribution in [0.5, 0.6) is 11.5 Å². The van der Waals surface area contributed by atoms with Crippen LogP contribution in [0.25, 0.3) is 11.3 Å². The Bertz CT molecular complexity index is 440. The first kappa shape index (κ1) is 8.56. The number of hydrogen-bond acceptors (Lipinski definition) is 3. The van der Waals surface area contributed by atoms with E-state index in [9.17, 15) is 10.2 Å². The predicted molar refractivity (Wildman–Crippen MR) is 53.0 cm³/mol. The van der Waals surface area contributed by atoms with Gasteiger partial charge in [-0.1, -0.05) is 30.3 Å². The first-order chi connectivity index (χ1) is 6.79. The highest BCUT2D eigenvalue weighted by molar-refractivity contribution is 5.68. The molecular formula is C11H9NO2. The van der Waals surface area contributed by atoms with Crippen LogP contribution in [-0.2, 0) is 0 Å². The second kappa shape index (κ2) is 3.38. The van der Waals surface area contributed by atoms with E-state index >= 15 is 0 Å². The largest absolute Gasteiger partial charge is 0.504 e. The molecule has 1 heterocycles. The summed E-state index contributed by atoms with van der Waals surface area (Å²) in [5.74, 6) is -0.336. The fourth-order valence-electron chi connectivity index (χ4n) is 1.25. The third kappa shape index (κ3) is 1.40. The summed E-state index contributed by atoms with van der Waals surface area (Å²) in [7, 11) is 0. The van der Waals surface area contributed by atoms with Gasteiger partial charge in [-0.2, -0.15) is 0 Å². The Morgan fingerprint density at radius 1 is 0.929 bits per heavy atom. The lowest BCUT2D eigenvalue weighted by molar-refractivity contribution is 0.403. The number of hydrogen-bond donors (Lipinski definition) is 2. The molecule has 70 valence electrons. The highest BCUT2D eigenvalue weighted by Crippen LogP contribution is 2.33. The van der Waals surface area contributed by atoms with Gasteiger partial charge in [-0.25, -0.2) is 0 Å². The highest BCUT2D eigenvalue weighted by Gasteiger charge is 2.08. The second-order valence-electron chi connectivity index (χ2n) is 2.89. The van der Waals surface area contributed by atoms with Gasteiger partial charge in [-0.15, -0.1) is 0 Å². The summed E-state index contributed by atoms with van der Waals surface area (Å²) in [6.45, 7) is 0. The van der Waals surface area contributed by atoms with Crippen LogP contribution in [0, 0.1) is 0 Å². The Labute approximate surface area is 81.3 Å². The Morgan fingerprint density at radius 3 is 2.36 bits per heavy atom. The Hall–Kier alpha value is -2.03. The van der Waals surface area contributed by atoms with Crippen LogP contribution in [0.3, 0.4) is 0 Å². The molecule has 0 radical (unpaired) electrons. The van der Waals surface area contributed by atoms with Gasteiger partial charge in [-0.3, -0.25) is 4.98 Å². The number of aromatic nitrogens is 1.